The van der Waals surface area contributed by atoms with E-state index in [1.54, 1.807) is 0 Å². The van der Waals surface area contributed by atoms with Crippen LogP contribution in [0.4, 0.5) is 0 Å². The van der Waals surface area contributed by atoms with Crippen LogP contribution >= 0.6 is 0 Å². The van der Waals surface area contributed by atoms with Crippen molar-refractivity contribution in [3.63, 3.8) is 0 Å². The Morgan fingerprint density at radius 3 is 2.20 bits per heavy atom. The molecule has 1 heterocycles. The van der Waals surface area contributed by atoms with Gasteiger partial charge in [-0.2, -0.15) is 0 Å². The molecule has 1 aliphatic rings. The first-order valence-corrected chi connectivity index (χ1v) is 7.36. The van der Waals surface area contributed by atoms with Crippen LogP contribution in [0, 0.1) is 6.92 Å². The van der Waals surface area contributed by atoms with Gasteiger partial charge in [0.1, 0.15) is 5.75 Å². The maximum absolute atomic E-state index is 6.09. The number of ether oxygens (including phenoxy) is 1. The highest BCUT2D eigenvalue weighted by Crippen LogP contribution is 2.36. The van der Waals surface area contributed by atoms with Crippen molar-refractivity contribution in [1.29, 1.82) is 0 Å². The number of hydrogen-bond acceptors (Lipinski definition) is 3. The largest absolute Gasteiger partial charge is 0.495 e. The van der Waals surface area contributed by atoms with Gasteiger partial charge in [-0.15, -0.1) is 0 Å². The molecule has 4 heteroatoms. The Labute approximate surface area is 122 Å². The summed E-state index contributed by atoms with van der Waals surface area (Å²) in [6.07, 6.45) is 1.01. The van der Waals surface area contributed by atoms with Crippen LogP contribution in [-0.2, 0) is 9.31 Å². The van der Waals surface area contributed by atoms with E-state index in [1.165, 1.54) is 0 Å². The molecular weight excluding hydrogens is 251 g/mol. The summed E-state index contributed by atoms with van der Waals surface area (Å²) in [6, 6.07) is 6.08. The monoisotopic (exact) mass is 276 g/mol. The van der Waals surface area contributed by atoms with Crippen LogP contribution in [-0.4, -0.2) is 24.9 Å². The first-order chi connectivity index (χ1) is 9.27. The van der Waals surface area contributed by atoms with Crippen molar-refractivity contribution < 1.29 is 14.0 Å². The Balaban J connectivity index is 2.19. The van der Waals surface area contributed by atoms with Crippen molar-refractivity contribution >= 4 is 12.6 Å². The molecule has 1 fully saturated rings. The van der Waals surface area contributed by atoms with Crippen LogP contribution in [0.2, 0.25) is 0 Å². The average Bonchev–Trinajstić information content (AvgIpc) is 2.55. The minimum absolute atomic E-state index is 0.304. The normalized spacial score (nSPS) is 20.2. The third-order valence-corrected chi connectivity index (χ3v) is 4.22. The third kappa shape index (κ3) is 2.86. The number of aryl methyl sites for hydroxylation is 1. The summed E-state index contributed by atoms with van der Waals surface area (Å²) >= 11 is 0. The molecule has 1 aromatic rings. The van der Waals surface area contributed by atoms with Gasteiger partial charge in [-0.1, -0.05) is 13.0 Å². The van der Waals surface area contributed by atoms with E-state index in [1.807, 2.05) is 12.1 Å². The molecular formula is C16H25BO3. The molecule has 2 rings (SSSR count). The molecule has 0 radical (unpaired) electrons. The fourth-order valence-electron chi connectivity index (χ4n) is 2.19. The summed E-state index contributed by atoms with van der Waals surface area (Å²) in [5.41, 5.74) is 1.60. The molecule has 0 amide bonds. The third-order valence-electron chi connectivity index (χ3n) is 4.22. The molecule has 1 saturated heterocycles. The highest BCUT2D eigenvalue weighted by atomic mass is 16.7. The number of benzene rings is 1. The smallest absolute Gasteiger partial charge is 0.494 e. The lowest BCUT2D eigenvalue weighted by Gasteiger charge is -2.32. The predicted molar refractivity (Wildman–Crippen MR) is 82.7 cm³/mol. The molecule has 0 N–H and O–H groups in total. The van der Waals surface area contributed by atoms with E-state index in [4.69, 9.17) is 14.0 Å². The second-order valence-corrected chi connectivity index (χ2v) is 6.46. The Morgan fingerprint density at radius 2 is 1.70 bits per heavy atom. The van der Waals surface area contributed by atoms with Gasteiger partial charge < -0.3 is 14.0 Å². The molecule has 3 nitrogen and oxygen atoms in total. The fourth-order valence-corrected chi connectivity index (χ4v) is 2.19. The van der Waals surface area contributed by atoms with Crippen LogP contribution in [0.15, 0.2) is 18.2 Å². The van der Waals surface area contributed by atoms with Crippen molar-refractivity contribution in [2.24, 2.45) is 0 Å². The van der Waals surface area contributed by atoms with Gasteiger partial charge >= 0.3 is 7.12 Å². The lowest BCUT2D eigenvalue weighted by atomic mass is 9.76. The first kappa shape index (κ1) is 15.4. The molecule has 1 aromatic carbocycles. The fraction of sp³-hybridized carbons (Fsp3) is 0.625. The van der Waals surface area contributed by atoms with Crippen molar-refractivity contribution in [3.8, 4) is 5.75 Å². The summed E-state index contributed by atoms with van der Waals surface area (Å²) in [7, 11) is -0.305. The summed E-state index contributed by atoms with van der Waals surface area (Å²) in [5, 5.41) is 0. The van der Waals surface area contributed by atoms with Gasteiger partial charge in [-0.05, 0) is 64.2 Å². The van der Waals surface area contributed by atoms with Crippen LogP contribution in [0.5, 0.6) is 5.75 Å². The molecule has 1 aliphatic heterocycles. The molecule has 0 bridgehead atoms. The van der Waals surface area contributed by atoms with E-state index in [-0.39, 0.29) is 18.3 Å². The summed E-state index contributed by atoms with van der Waals surface area (Å²) in [4.78, 5) is 0. The zero-order chi connectivity index (χ0) is 15.0. The molecule has 0 aliphatic carbocycles. The van der Waals surface area contributed by atoms with Gasteiger partial charge in [0.2, 0.25) is 0 Å². The highest BCUT2D eigenvalue weighted by molar-refractivity contribution is 6.62. The lowest BCUT2D eigenvalue weighted by molar-refractivity contribution is 0.00578. The van der Waals surface area contributed by atoms with Gasteiger partial charge in [0.25, 0.3) is 0 Å². The Kier molecular flexibility index (Phi) is 4.17. The van der Waals surface area contributed by atoms with Crippen molar-refractivity contribution in [2.75, 3.05) is 6.61 Å². The number of hydrogen-bond donors (Lipinski definition) is 0. The second-order valence-electron chi connectivity index (χ2n) is 6.46. The predicted octanol–water partition coefficient (Wildman–Crippen LogP) is 3.08. The van der Waals surface area contributed by atoms with Crippen molar-refractivity contribution in [3.05, 3.63) is 23.8 Å². The summed E-state index contributed by atoms with van der Waals surface area (Å²) in [6.45, 7) is 13.2. The topological polar surface area (TPSA) is 27.7 Å². The average molecular weight is 276 g/mol. The van der Waals surface area contributed by atoms with E-state index >= 15 is 0 Å². The van der Waals surface area contributed by atoms with Crippen LogP contribution < -0.4 is 10.2 Å². The van der Waals surface area contributed by atoms with E-state index in [9.17, 15) is 0 Å². The SMILES string of the molecule is CCCOc1ccc(B2OC(C)(C)C(C)(C)O2)c(C)c1. The molecule has 0 saturated carbocycles. The molecule has 0 spiro atoms. The first-order valence-electron chi connectivity index (χ1n) is 7.36. The van der Waals surface area contributed by atoms with Gasteiger partial charge in [-0.25, -0.2) is 0 Å². The Bertz CT molecular complexity index is 467. The summed E-state index contributed by atoms with van der Waals surface area (Å²) in [5.74, 6) is 0.907. The lowest BCUT2D eigenvalue weighted by Crippen LogP contribution is -2.41. The minimum Gasteiger partial charge on any atom is -0.494 e. The number of rotatable bonds is 4. The standard InChI is InChI=1S/C16H25BO3/c1-7-10-18-13-8-9-14(12(2)11-13)17-19-15(3,4)16(5,6)20-17/h8-9,11H,7,10H2,1-6H3. The molecule has 20 heavy (non-hydrogen) atoms. The van der Waals surface area contributed by atoms with Crippen molar-refractivity contribution in [1.82, 2.24) is 0 Å². The molecule has 0 aromatic heterocycles. The zero-order valence-corrected chi connectivity index (χ0v) is 13.4. The van der Waals surface area contributed by atoms with E-state index in [2.05, 4.69) is 47.6 Å². The van der Waals surface area contributed by atoms with E-state index in [0.717, 1.165) is 29.8 Å². The molecule has 0 atom stereocenters. The van der Waals surface area contributed by atoms with Crippen LogP contribution in [0.25, 0.3) is 0 Å². The van der Waals surface area contributed by atoms with E-state index in [0.29, 0.717) is 0 Å². The van der Waals surface area contributed by atoms with E-state index < -0.39 is 0 Å². The second kappa shape index (κ2) is 5.42. The van der Waals surface area contributed by atoms with Crippen LogP contribution in [0.3, 0.4) is 0 Å². The van der Waals surface area contributed by atoms with Gasteiger partial charge in [0, 0.05) is 0 Å². The Hall–Kier alpha value is -0.995. The minimum atomic E-state index is -0.305. The van der Waals surface area contributed by atoms with Gasteiger partial charge in [0.15, 0.2) is 0 Å². The maximum atomic E-state index is 6.09. The molecule has 110 valence electrons. The zero-order valence-electron chi connectivity index (χ0n) is 13.4. The van der Waals surface area contributed by atoms with Crippen LogP contribution in [0.1, 0.15) is 46.6 Å². The molecule has 0 unspecified atom stereocenters. The van der Waals surface area contributed by atoms with Gasteiger partial charge in [-0.3, -0.25) is 0 Å². The summed E-state index contributed by atoms with van der Waals surface area (Å²) < 4.78 is 17.8. The highest BCUT2D eigenvalue weighted by Gasteiger charge is 2.52. The Morgan fingerprint density at radius 1 is 1.10 bits per heavy atom. The quantitative estimate of drug-likeness (QED) is 0.791. The van der Waals surface area contributed by atoms with Gasteiger partial charge in [0.05, 0.1) is 17.8 Å². The maximum Gasteiger partial charge on any atom is 0.495 e. The van der Waals surface area contributed by atoms with Crippen molar-refractivity contribution in [2.45, 2.75) is 59.2 Å².